The third kappa shape index (κ3) is 2.33. The normalized spacial score (nSPS) is 19.2. The molecule has 0 saturated carbocycles. The first-order chi connectivity index (χ1) is 9.65. The van der Waals surface area contributed by atoms with Gasteiger partial charge in [0.25, 0.3) is 0 Å². The van der Waals surface area contributed by atoms with E-state index < -0.39 is 5.97 Å². The van der Waals surface area contributed by atoms with E-state index in [1.54, 1.807) is 0 Å². The number of hydrogen-bond donors (Lipinski definition) is 1. The molecule has 1 unspecified atom stereocenters. The van der Waals surface area contributed by atoms with Crippen molar-refractivity contribution < 1.29 is 9.90 Å². The van der Waals surface area contributed by atoms with Crippen molar-refractivity contribution >= 4 is 22.6 Å². The predicted molar refractivity (Wildman–Crippen MR) is 79.1 cm³/mol. The molecule has 0 amide bonds. The standard InChI is InChI=1S/C16H18N2O2/c1-11-4-5-14-12(9-11)6-7-17-15(14)18-8-2-3-13(10-18)16(19)20/h4-7,9,13H,2-3,8,10H2,1H3,(H,19,20). The fraction of sp³-hybridized carbons (Fsp3) is 0.375. The molecule has 1 aromatic carbocycles. The van der Waals surface area contributed by atoms with E-state index in [1.165, 1.54) is 5.56 Å². The molecule has 1 atom stereocenters. The Balaban J connectivity index is 1.99. The average Bonchev–Trinajstić information content (AvgIpc) is 2.46. The summed E-state index contributed by atoms with van der Waals surface area (Å²) in [6, 6.07) is 8.30. The lowest BCUT2D eigenvalue weighted by Crippen LogP contribution is -2.39. The first-order valence-corrected chi connectivity index (χ1v) is 6.98. The molecule has 4 nitrogen and oxygen atoms in total. The number of piperidine rings is 1. The topological polar surface area (TPSA) is 53.4 Å². The van der Waals surface area contributed by atoms with Crippen molar-refractivity contribution in [1.29, 1.82) is 0 Å². The molecule has 1 saturated heterocycles. The molecule has 0 aliphatic carbocycles. The van der Waals surface area contributed by atoms with Gasteiger partial charge in [-0.2, -0.15) is 0 Å². The van der Waals surface area contributed by atoms with Crippen LogP contribution in [0.25, 0.3) is 10.8 Å². The van der Waals surface area contributed by atoms with Gasteiger partial charge < -0.3 is 10.0 Å². The minimum absolute atomic E-state index is 0.286. The zero-order valence-electron chi connectivity index (χ0n) is 11.5. The molecule has 0 radical (unpaired) electrons. The number of aryl methyl sites for hydroxylation is 1. The van der Waals surface area contributed by atoms with Gasteiger partial charge in [0.15, 0.2) is 0 Å². The summed E-state index contributed by atoms with van der Waals surface area (Å²) in [6.07, 6.45) is 3.47. The zero-order chi connectivity index (χ0) is 14.1. The molecular formula is C16H18N2O2. The van der Waals surface area contributed by atoms with E-state index in [1.807, 2.05) is 12.3 Å². The van der Waals surface area contributed by atoms with Crippen LogP contribution in [0.1, 0.15) is 18.4 Å². The number of fused-ring (bicyclic) bond motifs is 1. The van der Waals surface area contributed by atoms with Crippen molar-refractivity contribution in [1.82, 2.24) is 4.98 Å². The third-order valence-electron chi connectivity index (χ3n) is 3.97. The van der Waals surface area contributed by atoms with Crippen LogP contribution in [-0.4, -0.2) is 29.1 Å². The number of anilines is 1. The number of carboxylic acids is 1. The maximum Gasteiger partial charge on any atom is 0.308 e. The molecule has 104 valence electrons. The second kappa shape index (κ2) is 5.12. The molecule has 1 aliphatic heterocycles. The van der Waals surface area contributed by atoms with Crippen LogP contribution in [0.15, 0.2) is 30.5 Å². The van der Waals surface area contributed by atoms with E-state index in [0.29, 0.717) is 6.54 Å². The number of carboxylic acid groups (broad SMARTS) is 1. The Hall–Kier alpha value is -2.10. The molecule has 0 spiro atoms. The first kappa shape index (κ1) is 12.9. The summed E-state index contributed by atoms with van der Waals surface area (Å²) >= 11 is 0. The molecule has 3 rings (SSSR count). The fourth-order valence-electron chi connectivity index (χ4n) is 2.90. The number of nitrogens with zero attached hydrogens (tertiary/aromatic N) is 2. The van der Waals surface area contributed by atoms with Gasteiger partial charge >= 0.3 is 5.97 Å². The highest BCUT2D eigenvalue weighted by Gasteiger charge is 2.26. The number of aromatic nitrogens is 1. The zero-order valence-corrected chi connectivity index (χ0v) is 11.5. The maximum atomic E-state index is 11.2. The van der Waals surface area contributed by atoms with E-state index in [2.05, 4.69) is 35.0 Å². The summed E-state index contributed by atoms with van der Waals surface area (Å²) in [5, 5.41) is 11.5. The van der Waals surface area contributed by atoms with Crippen LogP contribution in [0, 0.1) is 12.8 Å². The fourth-order valence-corrected chi connectivity index (χ4v) is 2.90. The van der Waals surface area contributed by atoms with Crippen molar-refractivity contribution in [2.24, 2.45) is 5.92 Å². The van der Waals surface area contributed by atoms with Crippen molar-refractivity contribution in [3.8, 4) is 0 Å². The Bertz CT molecular complexity index is 654. The van der Waals surface area contributed by atoms with Crippen LogP contribution in [0.2, 0.25) is 0 Å². The second-order valence-corrected chi connectivity index (χ2v) is 5.48. The molecule has 1 N–H and O–H groups in total. The largest absolute Gasteiger partial charge is 0.481 e. The molecule has 1 aromatic heterocycles. The van der Waals surface area contributed by atoms with E-state index >= 15 is 0 Å². The Morgan fingerprint density at radius 3 is 3.05 bits per heavy atom. The summed E-state index contributed by atoms with van der Waals surface area (Å²) in [5.74, 6) is -0.0783. The summed E-state index contributed by atoms with van der Waals surface area (Å²) in [5.41, 5.74) is 1.22. The lowest BCUT2D eigenvalue weighted by atomic mass is 9.98. The van der Waals surface area contributed by atoms with Crippen LogP contribution < -0.4 is 4.90 Å². The smallest absolute Gasteiger partial charge is 0.308 e. The SMILES string of the molecule is Cc1ccc2c(N3CCCC(C(=O)O)C3)nccc2c1. The van der Waals surface area contributed by atoms with E-state index in [4.69, 9.17) is 0 Å². The van der Waals surface area contributed by atoms with Crippen LogP contribution in [0.5, 0.6) is 0 Å². The quantitative estimate of drug-likeness (QED) is 0.911. The predicted octanol–water partition coefficient (Wildman–Crippen LogP) is 2.84. The van der Waals surface area contributed by atoms with Gasteiger partial charge in [-0.05, 0) is 31.2 Å². The highest BCUT2D eigenvalue weighted by Crippen LogP contribution is 2.28. The Labute approximate surface area is 118 Å². The lowest BCUT2D eigenvalue weighted by molar-refractivity contribution is -0.141. The molecule has 2 heterocycles. The molecule has 0 bridgehead atoms. The number of benzene rings is 1. The van der Waals surface area contributed by atoms with Crippen molar-refractivity contribution in [2.75, 3.05) is 18.0 Å². The third-order valence-corrected chi connectivity index (χ3v) is 3.97. The Kier molecular flexibility index (Phi) is 3.30. The molecule has 20 heavy (non-hydrogen) atoms. The van der Waals surface area contributed by atoms with Crippen molar-refractivity contribution in [3.05, 3.63) is 36.0 Å². The van der Waals surface area contributed by atoms with Gasteiger partial charge in [-0.3, -0.25) is 4.79 Å². The summed E-state index contributed by atoms with van der Waals surface area (Å²) in [6.45, 7) is 3.50. The van der Waals surface area contributed by atoms with E-state index in [9.17, 15) is 9.90 Å². The lowest BCUT2D eigenvalue weighted by Gasteiger charge is -2.32. The Morgan fingerprint density at radius 1 is 1.40 bits per heavy atom. The number of pyridine rings is 1. The number of carbonyl (C=O) groups is 1. The van der Waals surface area contributed by atoms with Crippen LogP contribution in [-0.2, 0) is 4.79 Å². The first-order valence-electron chi connectivity index (χ1n) is 6.98. The maximum absolute atomic E-state index is 11.2. The molecule has 4 heteroatoms. The van der Waals surface area contributed by atoms with Gasteiger partial charge in [0.05, 0.1) is 5.92 Å². The second-order valence-electron chi connectivity index (χ2n) is 5.48. The van der Waals surface area contributed by atoms with E-state index in [0.717, 1.165) is 36.0 Å². The molecule has 1 aliphatic rings. The van der Waals surface area contributed by atoms with Gasteiger partial charge in [0.1, 0.15) is 5.82 Å². The number of hydrogen-bond acceptors (Lipinski definition) is 3. The number of aliphatic carboxylic acids is 1. The molecule has 2 aromatic rings. The van der Waals surface area contributed by atoms with Gasteiger partial charge in [-0.15, -0.1) is 0 Å². The summed E-state index contributed by atoms with van der Waals surface area (Å²) in [7, 11) is 0. The molecular weight excluding hydrogens is 252 g/mol. The van der Waals surface area contributed by atoms with Crippen molar-refractivity contribution in [2.45, 2.75) is 19.8 Å². The minimum Gasteiger partial charge on any atom is -0.481 e. The highest BCUT2D eigenvalue weighted by molar-refractivity contribution is 5.92. The Morgan fingerprint density at radius 2 is 2.25 bits per heavy atom. The average molecular weight is 270 g/mol. The van der Waals surface area contributed by atoms with Gasteiger partial charge in [-0.25, -0.2) is 4.98 Å². The summed E-state index contributed by atoms with van der Waals surface area (Å²) in [4.78, 5) is 17.8. The van der Waals surface area contributed by atoms with E-state index in [-0.39, 0.29) is 5.92 Å². The monoisotopic (exact) mass is 270 g/mol. The molecule has 1 fully saturated rings. The summed E-state index contributed by atoms with van der Waals surface area (Å²) < 4.78 is 0. The highest BCUT2D eigenvalue weighted by atomic mass is 16.4. The van der Waals surface area contributed by atoms with Gasteiger partial charge in [-0.1, -0.05) is 23.8 Å². The van der Waals surface area contributed by atoms with Crippen LogP contribution in [0.4, 0.5) is 5.82 Å². The van der Waals surface area contributed by atoms with Gasteiger partial charge in [0.2, 0.25) is 0 Å². The van der Waals surface area contributed by atoms with Crippen LogP contribution >= 0.6 is 0 Å². The van der Waals surface area contributed by atoms with Crippen molar-refractivity contribution in [3.63, 3.8) is 0 Å². The van der Waals surface area contributed by atoms with Gasteiger partial charge in [0, 0.05) is 24.7 Å². The minimum atomic E-state index is -0.703. The van der Waals surface area contributed by atoms with Crippen LogP contribution in [0.3, 0.4) is 0 Å². The number of rotatable bonds is 2.